The number of hydrogen-bond acceptors (Lipinski definition) is 3. The second-order valence-electron chi connectivity index (χ2n) is 7.78. The Morgan fingerprint density at radius 2 is 1.62 bits per heavy atom. The fourth-order valence-corrected chi connectivity index (χ4v) is 4.47. The molecule has 4 amide bonds. The summed E-state index contributed by atoms with van der Waals surface area (Å²) in [5.41, 5.74) is 1.76. The molecule has 0 unspecified atom stereocenters. The van der Waals surface area contributed by atoms with Gasteiger partial charge in [-0.25, -0.2) is 4.79 Å². The van der Waals surface area contributed by atoms with Gasteiger partial charge in [0.2, 0.25) is 5.91 Å². The Morgan fingerprint density at radius 3 is 2.34 bits per heavy atom. The molecule has 0 bridgehead atoms. The minimum atomic E-state index is -0.766. The molecule has 2 aliphatic rings. The van der Waals surface area contributed by atoms with Crippen LogP contribution in [-0.2, 0) is 9.59 Å². The van der Waals surface area contributed by atoms with Crippen molar-refractivity contribution >= 4 is 23.5 Å². The van der Waals surface area contributed by atoms with Crippen LogP contribution in [0.25, 0.3) is 11.1 Å². The highest BCUT2D eigenvalue weighted by atomic mass is 16.2. The Labute approximate surface area is 170 Å². The maximum absolute atomic E-state index is 13.1. The van der Waals surface area contributed by atoms with Crippen LogP contribution in [0.3, 0.4) is 0 Å². The van der Waals surface area contributed by atoms with Gasteiger partial charge in [-0.3, -0.25) is 14.5 Å². The van der Waals surface area contributed by atoms with Crippen molar-refractivity contribution in [3.8, 4) is 11.1 Å². The molecule has 0 aromatic heterocycles. The molecular formula is C23H25N3O3. The van der Waals surface area contributed by atoms with Gasteiger partial charge in [-0.15, -0.1) is 0 Å². The fourth-order valence-electron chi connectivity index (χ4n) is 4.47. The van der Waals surface area contributed by atoms with Crippen molar-refractivity contribution < 1.29 is 14.4 Å². The molecule has 6 heteroatoms. The van der Waals surface area contributed by atoms with Gasteiger partial charge >= 0.3 is 6.03 Å². The number of rotatable bonds is 4. The Kier molecular flexibility index (Phi) is 5.09. The van der Waals surface area contributed by atoms with E-state index in [4.69, 9.17) is 0 Å². The molecule has 2 aromatic rings. The molecule has 29 heavy (non-hydrogen) atoms. The molecule has 2 aromatic carbocycles. The van der Waals surface area contributed by atoms with Crippen LogP contribution in [0.5, 0.6) is 0 Å². The second kappa shape index (κ2) is 7.70. The van der Waals surface area contributed by atoms with E-state index in [9.17, 15) is 14.4 Å². The Bertz CT molecular complexity index is 935. The van der Waals surface area contributed by atoms with Crippen LogP contribution in [-0.4, -0.2) is 46.8 Å². The standard InChI is InChI=1S/C23H25N3O3/c1-25-22(29)26(21(28)23(25)14-8-3-9-15-23)16-20(27)24-19-13-7-6-12-18(19)17-10-4-2-5-11-17/h2,4-7,10-13H,3,8-9,14-16H2,1H3,(H,24,27). The largest absolute Gasteiger partial charge is 0.327 e. The maximum Gasteiger partial charge on any atom is 0.327 e. The number of benzene rings is 2. The van der Waals surface area contributed by atoms with Gasteiger partial charge in [-0.1, -0.05) is 67.8 Å². The van der Waals surface area contributed by atoms with E-state index in [2.05, 4.69) is 5.32 Å². The van der Waals surface area contributed by atoms with Gasteiger partial charge in [0.1, 0.15) is 12.1 Å². The minimum Gasteiger partial charge on any atom is -0.324 e. The molecule has 150 valence electrons. The van der Waals surface area contributed by atoms with Crippen LogP contribution >= 0.6 is 0 Å². The third-order valence-electron chi connectivity index (χ3n) is 6.07. The number of carbonyl (C=O) groups excluding carboxylic acids is 3. The summed E-state index contributed by atoms with van der Waals surface area (Å²) in [7, 11) is 1.67. The van der Waals surface area contributed by atoms with Gasteiger partial charge in [-0.2, -0.15) is 0 Å². The van der Waals surface area contributed by atoms with Crippen LogP contribution < -0.4 is 5.32 Å². The first-order chi connectivity index (χ1) is 14.0. The average Bonchev–Trinajstić information content (AvgIpc) is 2.92. The van der Waals surface area contributed by atoms with Gasteiger partial charge in [0.15, 0.2) is 0 Å². The van der Waals surface area contributed by atoms with Crippen LogP contribution in [0.1, 0.15) is 32.1 Å². The summed E-state index contributed by atoms with van der Waals surface area (Å²) in [5, 5.41) is 2.88. The highest BCUT2D eigenvalue weighted by Gasteiger charge is 2.55. The SMILES string of the molecule is CN1C(=O)N(CC(=O)Nc2ccccc2-c2ccccc2)C(=O)C12CCCCC2. The van der Waals surface area contributed by atoms with E-state index in [-0.39, 0.29) is 24.4 Å². The van der Waals surface area contributed by atoms with Gasteiger partial charge in [0.25, 0.3) is 5.91 Å². The van der Waals surface area contributed by atoms with Crippen molar-refractivity contribution in [2.75, 3.05) is 18.9 Å². The molecule has 0 atom stereocenters. The van der Waals surface area contributed by atoms with Gasteiger partial charge < -0.3 is 10.2 Å². The monoisotopic (exact) mass is 391 g/mol. The minimum absolute atomic E-state index is 0.240. The van der Waals surface area contributed by atoms with E-state index < -0.39 is 5.54 Å². The molecule has 4 rings (SSSR count). The molecule has 6 nitrogen and oxygen atoms in total. The van der Waals surface area contributed by atoms with E-state index in [1.807, 2.05) is 54.6 Å². The lowest BCUT2D eigenvalue weighted by Crippen LogP contribution is -2.49. The summed E-state index contributed by atoms with van der Waals surface area (Å²) in [5.74, 6) is -0.618. The Hall–Kier alpha value is -3.15. The third kappa shape index (κ3) is 3.39. The number of anilines is 1. The van der Waals surface area contributed by atoms with Crippen molar-refractivity contribution in [1.29, 1.82) is 0 Å². The molecule has 1 spiro atoms. The summed E-state index contributed by atoms with van der Waals surface area (Å²) in [6.45, 7) is -0.271. The summed E-state index contributed by atoms with van der Waals surface area (Å²) in [6, 6.07) is 16.9. The zero-order valence-electron chi connectivity index (χ0n) is 16.6. The van der Waals surface area contributed by atoms with Crippen molar-refractivity contribution in [2.45, 2.75) is 37.6 Å². The molecule has 1 saturated heterocycles. The molecule has 1 heterocycles. The van der Waals surface area contributed by atoms with E-state index in [0.717, 1.165) is 35.3 Å². The Morgan fingerprint density at radius 1 is 0.966 bits per heavy atom. The number of carbonyl (C=O) groups is 3. The van der Waals surface area contributed by atoms with Crippen LogP contribution in [0.15, 0.2) is 54.6 Å². The highest BCUT2D eigenvalue weighted by molar-refractivity contribution is 6.10. The van der Waals surface area contributed by atoms with Crippen molar-refractivity contribution in [3.05, 3.63) is 54.6 Å². The van der Waals surface area contributed by atoms with Gasteiger partial charge in [0, 0.05) is 18.3 Å². The van der Waals surface area contributed by atoms with E-state index >= 15 is 0 Å². The van der Waals surface area contributed by atoms with Crippen LogP contribution in [0, 0.1) is 0 Å². The summed E-state index contributed by atoms with van der Waals surface area (Å²) in [4.78, 5) is 41.2. The number of nitrogens with one attached hydrogen (secondary N) is 1. The van der Waals surface area contributed by atoms with Crippen molar-refractivity contribution in [1.82, 2.24) is 9.80 Å². The number of urea groups is 1. The van der Waals surface area contributed by atoms with Crippen molar-refractivity contribution in [3.63, 3.8) is 0 Å². The number of imide groups is 1. The molecule has 1 aliphatic heterocycles. The number of likely N-dealkylation sites (N-methyl/N-ethyl adjacent to an activating group) is 1. The molecule has 1 aliphatic carbocycles. The average molecular weight is 391 g/mol. The first-order valence-corrected chi connectivity index (χ1v) is 10.1. The lowest BCUT2D eigenvalue weighted by atomic mass is 9.81. The number of amides is 4. The molecule has 2 fully saturated rings. The number of hydrogen-bond donors (Lipinski definition) is 1. The lowest BCUT2D eigenvalue weighted by molar-refractivity contribution is -0.136. The fraction of sp³-hybridized carbons (Fsp3) is 0.348. The normalized spacial score (nSPS) is 18.4. The van der Waals surface area contributed by atoms with Crippen LogP contribution in [0.4, 0.5) is 10.5 Å². The molecule has 1 saturated carbocycles. The molecule has 0 radical (unpaired) electrons. The van der Waals surface area contributed by atoms with Gasteiger partial charge in [0.05, 0.1) is 0 Å². The number of nitrogens with zero attached hydrogens (tertiary/aromatic N) is 2. The predicted octanol–water partition coefficient (Wildman–Crippen LogP) is 3.89. The summed E-state index contributed by atoms with van der Waals surface area (Å²) >= 11 is 0. The predicted molar refractivity (Wildman–Crippen MR) is 111 cm³/mol. The molecule has 1 N–H and O–H groups in total. The Balaban J connectivity index is 1.51. The summed E-state index contributed by atoms with van der Waals surface area (Å²) < 4.78 is 0. The first kappa shape index (κ1) is 19.2. The highest BCUT2D eigenvalue weighted by Crippen LogP contribution is 2.39. The van der Waals surface area contributed by atoms with E-state index in [1.165, 1.54) is 0 Å². The topological polar surface area (TPSA) is 69.7 Å². The third-order valence-corrected chi connectivity index (χ3v) is 6.07. The van der Waals surface area contributed by atoms with Gasteiger partial charge in [-0.05, 0) is 24.5 Å². The van der Waals surface area contributed by atoms with Crippen molar-refractivity contribution in [2.24, 2.45) is 0 Å². The lowest BCUT2D eigenvalue weighted by Gasteiger charge is -2.35. The zero-order chi connectivity index (χ0) is 20.4. The number of para-hydroxylation sites is 1. The first-order valence-electron chi connectivity index (χ1n) is 10.1. The summed E-state index contributed by atoms with van der Waals surface area (Å²) in [6.07, 6.45) is 4.27. The van der Waals surface area contributed by atoms with E-state index in [1.54, 1.807) is 11.9 Å². The van der Waals surface area contributed by atoms with Crippen LogP contribution in [0.2, 0.25) is 0 Å². The smallest absolute Gasteiger partial charge is 0.324 e. The quantitative estimate of drug-likeness (QED) is 0.804. The molecular weight excluding hydrogens is 366 g/mol. The van der Waals surface area contributed by atoms with E-state index in [0.29, 0.717) is 18.5 Å². The maximum atomic E-state index is 13.1. The second-order valence-corrected chi connectivity index (χ2v) is 7.78. The zero-order valence-corrected chi connectivity index (χ0v) is 16.6.